The van der Waals surface area contributed by atoms with E-state index >= 15 is 0 Å². The summed E-state index contributed by atoms with van der Waals surface area (Å²) < 4.78 is 0. The van der Waals surface area contributed by atoms with E-state index in [0.717, 1.165) is 5.01 Å². The maximum Gasteiger partial charge on any atom is 0.423 e. The van der Waals surface area contributed by atoms with Crippen molar-refractivity contribution in [3.63, 3.8) is 0 Å². The average Bonchev–Trinajstić information content (AvgIpc) is 2.24. The molecule has 0 heterocycles. The quantitative estimate of drug-likeness (QED) is 0.665. The zero-order chi connectivity index (χ0) is 13.9. The van der Waals surface area contributed by atoms with Gasteiger partial charge in [-0.15, -0.1) is 0 Å². The van der Waals surface area contributed by atoms with Gasteiger partial charge in [0.15, 0.2) is 0 Å². The molecule has 18 heavy (non-hydrogen) atoms. The van der Waals surface area contributed by atoms with Gasteiger partial charge in [-0.1, -0.05) is 0 Å². The highest BCUT2D eigenvalue weighted by atomic mass is 16.4. The van der Waals surface area contributed by atoms with E-state index in [-0.39, 0.29) is 11.3 Å². The van der Waals surface area contributed by atoms with Gasteiger partial charge in [0, 0.05) is 5.56 Å². The minimum absolute atomic E-state index is 0.0417. The highest BCUT2D eigenvalue weighted by molar-refractivity contribution is 5.95. The number of aromatic hydroxyl groups is 1. The van der Waals surface area contributed by atoms with Gasteiger partial charge in [0.05, 0.1) is 5.54 Å². The van der Waals surface area contributed by atoms with Gasteiger partial charge >= 0.3 is 6.09 Å². The molecule has 0 bridgehead atoms. The lowest BCUT2D eigenvalue weighted by atomic mass is 10.1. The van der Waals surface area contributed by atoms with Crippen molar-refractivity contribution in [3.05, 3.63) is 29.8 Å². The van der Waals surface area contributed by atoms with Crippen LogP contribution in [0, 0.1) is 0 Å². The van der Waals surface area contributed by atoms with Crippen LogP contribution in [0.5, 0.6) is 5.75 Å². The number of hydrogen-bond donors (Lipinski definition) is 3. The maximum absolute atomic E-state index is 12.2. The summed E-state index contributed by atoms with van der Waals surface area (Å²) in [4.78, 5) is 22.9. The van der Waals surface area contributed by atoms with Crippen LogP contribution in [-0.2, 0) is 0 Å². The number of hydrogen-bond acceptors (Lipinski definition) is 3. The van der Waals surface area contributed by atoms with Gasteiger partial charge in [0.2, 0.25) is 0 Å². The molecule has 0 unspecified atom stereocenters. The molecule has 0 spiro atoms. The van der Waals surface area contributed by atoms with Gasteiger partial charge in [-0.25, -0.2) is 15.2 Å². The number of phenols is 1. The standard InChI is InChI=1S/C12H16N2O4/c1-12(2,3)14(13-11(17)18)10(16)8-4-6-9(15)7-5-8/h4-7,13,15H,1-3H3,(H,17,18). The lowest BCUT2D eigenvalue weighted by molar-refractivity contribution is 0.0401. The third-order valence-corrected chi connectivity index (χ3v) is 2.20. The second-order valence-corrected chi connectivity index (χ2v) is 4.78. The number of amides is 2. The Labute approximate surface area is 105 Å². The van der Waals surface area contributed by atoms with E-state index in [1.165, 1.54) is 24.3 Å². The molecule has 0 saturated carbocycles. The summed E-state index contributed by atoms with van der Waals surface area (Å²) in [5.74, 6) is -0.440. The van der Waals surface area contributed by atoms with Crippen molar-refractivity contribution >= 4 is 12.0 Å². The first-order chi connectivity index (χ1) is 8.21. The molecule has 0 fully saturated rings. The molecule has 0 aliphatic carbocycles. The van der Waals surface area contributed by atoms with Crippen molar-refractivity contribution in [2.45, 2.75) is 26.3 Å². The fourth-order valence-electron chi connectivity index (χ4n) is 1.35. The van der Waals surface area contributed by atoms with Crippen LogP contribution in [-0.4, -0.2) is 32.8 Å². The molecular formula is C12H16N2O4. The number of phenolic OH excluding ortho intramolecular Hbond substituents is 1. The summed E-state index contributed by atoms with van der Waals surface area (Å²) in [6, 6.07) is 5.60. The summed E-state index contributed by atoms with van der Waals surface area (Å²) in [7, 11) is 0. The number of carbonyl (C=O) groups is 2. The van der Waals surface area contributed by atoms with Crippen LogP contribution in [0.15, 0.2) is 24.3 Å². The predicted octanol–water partition coefficient (Wildman–Crippen LogP) is 1.82. The zero-order valence-corrected chi connectivity index (χ0v) is 10.5. The van der Waals surface area contributed by atoms with Crippen LogP contribution < -0.4 is 5.43 Å². The molecule has 1 aromatic rings. The molecule has 0 aliphatic heterocycles. The molecule has 0 atom stereocenters. The second kappa shape index (κ2) is 4.95. The Balaban J connectivity index is 3.02. The summed E-state index contributed by atoms with van der Waals surface area (Å²) in [6.45, 7) is 5.13. The van der Waals surface area contributed by atoms with Crippen molar-refractivity contribution in [1.82, 2.24) is 10.4 Å². The van der Waals surface area contributed by atoms with Gasteiger partial charge in [0.1, 0.15) is 5.75 Å². The van der Waals surface area contributed by atoms with E-state index in [0.29, 0.717) is 0 Å². The number of carboxylic acid groups (broad SMARTS) is 1. The van der Waals surface area contributed by atoms with E-state index in [9.17, 15) is 9.59 Å². The minimum atomic E-state index is -1.31. The number of rotatable bonds is 1. The Kier molecular flexibility index (Phi) is 3.80. The molecule has 6 nitrogen and oxygen atoms in total. The Morgan fingerprint density at radius 3 is 2.06 bits per heavy atom. The van der Waals surface area contributed by atoms with E-state index in [2.05, 4.69) is 5.43 Å². The number of nitrogens with one attached hydrogen (secondary N) is 1. The Morgan fingerprint density at radius 2 is 1.67 bits per heavy atom. The average molecular weight is 252 g/mol. The first-order valence-electron chi connectivity index (χ1n) is 5.35. The molecule has 6 heteroatoms. The van der Waals surface area contributed by atoms with E-state index in [4.69, 9.17) is 10.2 Å². The van der Waals surface area contributed by atoms with E-state index < -0.39 is 17.5 Å². The Morgan fingerprint density at radius 1 is 1.17 bits per heavy atom. The Bertz CT molecular complexity index is 448. The molecule has 98 valence electrons. The predicted molar refractivity (Wildman–Crippen MR) is 65.2 cm³/mol. The van der Waals surface area contributed by atoms with Gasteiger partial charge in [-0.05, 0) is 45.0 Å². The zero-order valence-electron chi connectivity index (χ0n) is 10.5. The van der Waals surface area contributed by atoms with Crippen molar-refractivity contribution in [2.75, 3.05) is 0 Å². The van der Waals surface area contributed by atoms with E-state index in [1.54, 1.807) is 20.8 Å². The highest BCUT2D eigenvalue weighted by Crippen LogP contribution is 2.17. The molecule has 0 saturated heterocycles. The summed E-state index contributed by atoms with van der Waals surface area (Å²) in [5.41, 5.74) is 1.66. The minimum Gasteiger partial charge on any atom is -0.508 e. The van der Waals surface area contributed by atoms with Crippen molar-refractivity contribution in [1.29, 1.82) is 0 Å². The van der Waals surface area contributed by atoms with Crippen molar-refractivity contribution in [3.8, 4) is 5.75 Å². The number of hydrazine groups is 1. The highest BCUT2D eigenvalue weighted by Gasteiger charge is 2.29. The molecule has 0 radical (unpaired) electrons. The topological polar surface area (TPSA) is 89.9 Å². The molecule has 0 aliphatic rings. The number of carbonyl (C=O) groups excluding carboxylic acids is 1. The molecule has 1 rings (SSSR count). The van der Waals surface area contributed by atoms with Crippen LogP contribution in [0.3, 0.4) is 0 Å². The van der Waals surface area contributed by atoms with Gasteiger partial charge in [0.25, 0.3) is 5.91 Å². The smallest absolute Gasteiger partial charge is 0.423 e. The number of nitrogens with zero attached hydrogens (tertiary/aromatic N) is 1. The normalized spacial score (nSPS) is 10.8. The first-order valence-corrected chi connectivity index (χ1v) is 5.35. The van der Waals surface area contributed by atoms with Crippen molar-refractivity contribution in [2.24, 2.45) is 0 Å². The van der Waals surface area contributed by atoms with Crippen LogP contribution in [0.4, 0.5) is 4.79 Å². The molecular weight excluding hydrogens is 236 g/mol. The largest absolute Gasteiger partial charge is 0.508 e. The summed E-state index contributed by atoms with van der Waals surface area (Å²) >= 11 is 0. The van der Waals surface area contributed by atoms with Crippen LogP contribution in [0.1, 0.15) is 31.1 Å². The third-order valence-electron chi connectivity index (χ3n) is 2.20. The monoisotopic (exact) mass is 252 g/mol. The lowest BCUT2D eigenvalue weighted by Crippen LogP contribution is -2.55. The first kappa shape index (κ1) is 13.8. The van der Waals surface area contributed by atoms with Gasteiger partial charge in [-0.3, -0.25) is 4.79 Å². The lowest BCUT2D eigenvalue weighted by Gasteiger charge is -2.34. The van der Waals surface area contributed by atoms with Crippen LogP contribution in [0.25, 0.3) is 0 Å². The van der Waals surface area contributed by atoms with Gasteiger partial charge in [-0.2, -0.15) is 0 Å². The fourth-order valence-corrected chi connectivity index (χ4v) is 1.35. The second-order valence-electron chi connectivity index (χ2n) is 4.78. The third kappa shape index (κ3) is 3.38. The Hall–Kier alpha value is -2.24. The fraction of sp³-hybridized carbons (Fsp3) is 0.333. The summed E-state index contributed by atoms with van der Waals surface area (Å²) in [5, 5.41) is 18.9. The maximum atomic E-state index is 12.2. The molecule has 2 amide bonds. The molecule has 3 N–H and O–H groups in total. The van der Waals surface area contributed by atoms with Crippen LogP contribution in [0.2, 0.25) is 0 Å². The molecule has 0 aromatic heterocycles. The van der Waals surface area contributed by atoms with Gasteiger partial charge < -0.3 is 10.2 Å². The summed E-state index contributed by atoms with van der Waals surface area (Å²) in [6.07, 6.45) is -1.31. The van der Waals surface area contributed by atoms with Crippen molar-refractivity contribution < 1.29 is 19.8 Å². The molecule has 1 aromatic carbocycles. The van der Waals surface area contributed by atoms with Crippen LogP contribution >= 0.6 is 0 Å². The number of benzene rings is 1. The van der Waals surface area contributed by atoms with E-state index in [1.807, 2.05) is 0 Å². The SMILES string of the molecule is CC(C)(C)N(NC(=O)O)C(=O)c1ccc(O)cc1.